The molecule has 0 aliphatic heterocycles. The Kier molecular flexibility index (Phi) is 2.95. The van der Waals surface area contributed by atoms with Crippen LogP contribution in [0.25, 0.3) is 0 Å². The summed E-state index contributed by atoms with van der Waals surface area (Å²) in [6.45, 7) is 1.19. The zero-order chi connectivity index (χ0) is 10.7. The van der Waals surface area contributed by atoms with E-state index in [0.717, 1.165) is 0 Å². The Morgan fingerprint density at radius 2 is 2.07 bits per heavy atom. The molecule has 0 amide bonds. The molecule has 1 aromatic heterocycles. The van der Waals surface area contributed by atoms with Crippen molar-refractivity contribution in [3.05, 3.63) is 20.8 Å². The van der Waals surface area contributed by atoms with E-state index < -0.39 is 23.7 Å². The van der Waals surface area contributed by atoms with Gasteiger partial charge in [-0.15, -0.1) is 5.10 Å². The fourth-order valence-corrected chi connectivity index (χ4v) is 0.724. The quantitative estimate of drug-likeness (QED) is 0.623. The van der Waals surface area contributed by atoms with Crippen LogP contribution in [0.4, 0.5) is 14.6 Å². The number of H-pyrrole nitrogens is 2. The standard InChI is InChI=1S/C6H8F2N4O2/c1-2(3(7)8)9-4-5(13)10-6(14)12-11-4/h2-3H,1H3,(H,9,11)(H2,10,12,13,14). The SMILES string of the molecule is CC(Nc1n[nH]c(=O)[nH]c1=O)C(F)F. The van der Waals surface area contributed by atoms with E-state index in [-0.39, 0.29) is 5.82 Å². The van der Waals surface area contributed by atoms with Crippen molar-refractivity contribution in [1.29, 1.82) is 0 Å². The molecular formula is C6H8F2N4O2. The topological polar surface area (TPSA) is 90.6 Å². The average molecular weight is 206 g/mol. The Morgan fingerprint density at radius 3 is 2.57 bits per heavy atom. The zero-order valence-corrected chi connectivity index (χ0v) is 7.17. The third-order valence-corrected chi connectivity index (χ3v) is 1.45. The molecule has 8 heteroatoms. The molecule has 0 fully saturated rings. The highest BCUT2D eigenvalue weighted by molar-refractivity contribution is 5.30. The highest BCUT2D eigenvalue weighted by Gasteiger charge is 2.16. The van der Waals surface area contributed by atoms with Gasteiger partial charge in [0.05, 0.1) is 6.04 Å². The van der Waals surface area contributed by atoms with Crippen LogP contribution in [-0.2, 0) is 0 Å². The number of nitrogens with zero attached hydrogens (tertiary/aromatic N) is 1. The minimum Gasteiger partial charge on any atom is -0.356 e. The Balaban J connectivity index is 2.88. The number of aromatic nitrogens is 3. The van der Waals surface area contributed by atoms with Crippen LogP contribution in [0.5, 0.6) is 0 Å². The van der Waals surface area contributed by atoms with Crippen molar-refractivity contribution in [3.8, 4) is 0 Å². The molecule has 78 valence electrons. The van der Waals surface area contributed by atoms with Crippen LogP contribution >= 0.6 is 0 Å². The molecule has 1 rings (SSSR count). The van der Waals surface area contributed by atoms with Gasteiger partial charge in [0.2, 0.25) is 5.82 Å². The maximum Gasteiger partial charge on any atom is 0.342 e. The lowest BCUT2D eigenvalue weighted by molar-refractivity contribution is 0.130. The summed E-state index contributed by atoms with van der Waals surface area (Å²) >= 11 is 0. The molecule has 0 saturated heterocycles. The number of halogens is 2. The van der Waals surface area contributed by atoms with Crippen LogP contribution < -0.4 is 16.6 Å². The lowest BCUT2D eigenvalue weighted by Gasteiger charge is -2.11. The molecule has 0 aliphatic carbocycles. The zero-order valence-electron chi connectivity index (χ0n) is 7.17. The first-order valence-corrected chi connectivity index (χ1v) is 3.74. The predicted octanol–water partition coefficient (Wildman–Crippen LogP) is -0.476. The largest absolute Gasteiger partial charge is 0.356 e. The summed E-state index contributed by atoms with van der Waals surface area (Å²) in [5, 5.41) is 7.35. The highest BCUT2D eigenvalue weighted by atomic mass is 19.3. The molecule has 0 saturated carbocycles. The smallest absolute Gasteiger partial charge is 0.342 e. The minimum absolute atomic E-state index is 0.336. The van der Waals surface area contributed by atoms with Gasteiger partial charge in [-0.3, -0.25) is 9.78 Å². The van der Waals surface area contributed by atoms with Crippen LogP contribution in [0, 0.1) is 0 Å². The van der Waals surface area contributed by atoms with Crippen molar-refractivity contribution in [1.82, 2.24) is 15.2 Å². The fraction of sp³-hybridized carbons (Fsp3) is 0.500. The molecule has 1 heterocycles. The van der Waals surface area contributed by atoms with E-state index >= 15 is 0 Å². The maximum atomic E-state index is 12.1. The molecule has 0 aliphatic rings. The molecule has 0 aromatic carbocycles. The third-order valence-electron chi connectivity index (χ3n) is 1.45. The molecule has 0 bridgehead atoms. The monoisotopic (exact) mass is 206 g/mol. The fourth-order valence-electron chi connectivity index (χ4n) is 0.724. The minimum atomic E-state index is -2.62. The number of hydrogen-bond acceptors (Lipinski definition) is 4. The van der Waals surface area contributed by atoms with Crippen molar-refractivity contribution in [2.75, 3.05) is 5.32 Å². The second-order valence-electron chi connectivity index (χ2n) is 2.62. The van der Waals surface area contributed by atoms with Crippen LogP contribution in [0.1, 0.15) is 6.92 Å². The van der Waals surface area contributed by atoms with E-state index in [4.69, 9.17) is 0 Å². The van der Waals surface area contributed by atoms with E-state index in [9.17, 15) is 18.4 Å². The summed E-state index contributed by atoms with van der Waals surface area (Å²) < 4.78 is 24.1. The predicted molar refractivity (Wildman–Crippen MR) is 44.6 cm³/mol. The second-order valence-corrected chi connectivity index (χ2v) is 2.62. The second kappa shape index (κ2) is 3.99. The van der Waals surface area contributed by atoms with Gasteiger partial charge in [0.1, 0.15) is 0 Å². The number of nitrogens with one attached hydrogen (secondary N) is 3. The first-order valence-electron chi connectivity index (χ1n) is 3.74. The van der Waals surface area contributed by atoms with Gasteiger partial charge in [0.15, 0.2) is 0 Å². The van der Waals surface area contributed by atoms with E-state index in [0.29, 0.717) is 0 Å². The van der Waals surface area contributed by atoms with Gasteiger partial charge in [-0.05, 0) is 6.92 Å². The van der Waals surface area contributed by atoms with Gasteiger partial charge < -0.3 is 5.32 Å². The van der Waals surface area contributed by atoms with Crippen molar-refractivity contribution >= 4 is 5.82 Å². The summed E-state index contributed by atoms with van der Waals surface area (Å²) in [6.07, 6.45) is -2.62. The van der Waals surface area contributed by atoms with Crippen molar-refractivity contribution in [2.24, 2.45) is 0 Å². The van der Waals surface area contributed by atoms with Gasteiger partial charge >= 0.3 is 5.69 Å². The molecular weight excluding hydrogens is 198 g/mol. The van der Waals surface area contributed by atoms with Crippen LogP contribution in [-0.4, -0.2) is 27.6 Å². The number of aromatic amines is 2. The van der Waals surface area contributed by atoms with Gasteiger partial charge in [0.25, 0.3) is 12.0 Å². The van der Waals surface area contributed by atoms with Gasteiger partial charge in [-0.2, -0.15) is 0 Å². The molecule has 3 N–H and O–H groups in total. The third kappa shape index (κ3) is 2.38. The van der Waals surface area contributed by atoms with Crippen molar-refractivity contribution in [2.45, 2.75) is 19.4 Å². The van der Waals surface area contributed by atoms with E-state index in [1.54, 1.807) is 0 Å². The van der Waals surface area contributed by atoms with Crippen molar-refractivity contribution in [3.63, 3.8) is 0 Å². The van der Waals surface area contributed by atoms with E-state index in [2.05, 4.69) is 10.4 Å². The Morgan fingerprint density at radius 1 is 1.43 bits per heavy atom. The number of anilines is 1. The number of rotatable bonds is 3. The van der Waals surface area contributed by atoms with E-state index in [1.807, 2.05) is 10.1 Å². The lowest BCUT2D eigenvalue weighted by atomic mass is 10.3. The Bertz CT molecular complexity index is 413. The Labute approximate surface area is 76.4 Å². The van der Waals surface area contributed by atoms with Gasteiger partial charge in [-0.25, -0.2) is 18.7 Å². The number of hydrogen-bond donors (Lipinski definition) is 3. The number of alkyl halides is 2. The molecule has 1 aromatic rings. The van der Waals surface area contributed by atoms with Crippen LogP contribution in [0.15, 0.2) is 9.59 Å². The Hall–Kier alpha value is -1.73. The molecule has 1 unspecified atom stereocenters. The molecule has 14 heavy (non-hydrogen) atoms. The molecule has 0 radical (unpaired) electrons. The normalized spacial score (nSPS) is 12.9. The summed E-state index contributed by atoms with van der Waals surface area (Å²) in [4.78, 5) is 23.3. The average Bonchev–Trinajstić information content (AvgIpc) is 2.09. The van der Waals surface area contributed by atoms with Gasteiger partial charge in [-0.1, -0.05) is 0 Å². The lowest BCUT2D eigenvalue weighted by Crippen LogP contribution is -2.32. The summed E-state index contributed by atoms with van der Waals surface area (Å²) in [5.74, 6) is -0.336. The van der Waals surface area contributed by atoms with Gasteiger partial charge in [0, 0.05) is 0 Å². The first kappa shape index (κ1) is 10.4. The molecule has 6 nitrogen and oxygen atoms in total. The summed E-state index contributed by atoms with van der Waals surface area (Å²) in [6, 6.07) is -1.21. The molecule has 1 atom stereocenters. The van der Waals surface area contributed by atoms with E-state index in [1.165, 1.54) is 6.92 Å². The van der Waals surface area contributed by atoms with Crippen molar-refractivity contribution < 1.29 is 8.78 Å². The maximum absolute atomic E-state index is 12.1. The van der Waals surface area contributed by atoms with Crippen LogP contribution in [0.3, 0.4) is 0 Å². The summed E-state index contributed by atoms with van der Waals surface area (Å²) in [7, 11) is 0. The summed E-state index contributed by atoms with van der Waals surface area (Å²) in [5.41, 5.74) is -1.62. The highest BCUT2D eigenvalue weighted by Crippen LogP contribution is 2.03. The molecule has 0 spiro atoms. The van der Waals surface area contributed by atoms with Crippen LogP contribution in [0.2, 0.25) is 0 Å². The first-order chi connectivity index (χ1) is 6.50.